The van der Waals surface area contributed by atoms with Crippen LogP contribution in [0.5, 0.6) is 0 Å². The molecule has 0 atom stereocenters. The van der Waals surface area contributed by atoms with Crippen molar-refractivity contribution in [3.05, 3.63) is 41.9 Å². The Morgan fingerprint density at radius 3 is 2.41 bits per heavy atom. The third kappa shape index (κ3) is 5.51. The van der Waals surface area contributed by atoms with Crippen LogP contribution in [0.1, 0.15) is 25.1 Å². The summed E-state index contributed by atoms with van der Waals surface area (Å²) < 4.78 is 0. The number of benzene rings is 1. The normalized spacial score (nSPS) is 14.5. The number of carbonyl (C=O) groups is 2. The smallest absolute Gasteiger partial charge is 0.238 e. The molecule has 154 valence electrons. The van der Waals surface area contributed by atoms with Gasteiger partial charge in [0.05, 0.1) is 6.54 Å². The van der Waals surface area contributed by atoms with E-state index < -0.39 is 0 Å². The predicted octanol–water partition coefficient (Wildman–Crippen LogP) is 2.07. The molecular weight excluding hydrogens is 368 g/mol. The molecule has 0 bridgehead atoms. The van der Waals surface area contributed by atoms with Crippen LogP contribution >= 0.6 is 0 Å². The summed E-state index contributed by atoms with van der Waals surface area (Å²) >= 11 is 0. The number of amides is 2. The summed E-state index contributed by atoms with van der Waals surface area (Å²) in [5.41, 5.74) is 3.55. The van der Waals surface area contributed by atoms with Crippen molar-refractivity contribution in [2.75, 3.05) is 48.3 Å². The molecule has 1 aromatic heterocycles. The van der Waals surface area contributed by atoms with Gasteiger partial charge in [-0.3, -0.25) is 14.5 Å². The summed E-state index contributed by atoms with van der Waals surface area (Å²) in [7, 11) is 0. The molecule has 8 heteroatoms. The largest absolute Gasteiger partial charge is 0.354 e. The molecule has 3 rings (SSSR count). The lowest BCUT2D eigenvalue weighted by Crippen LogP contribution is -2.49. The lowest BCUT2D eigenvalue weighted by molar-refractivity contribution is -0.117. The fraction of sp³-hybridized carbons (Fsp3) is 0.429. The third-order valence-electron chi connectivity index (χ3n) is 5.00. The summed E-state index contributed by atoms with van der Waals surface area (Å²) in [6.45, 7) is 9.18. The molecule has 0 unspecified atom stereocenters. The Hall–Kier alpha value is -3.00. The van der Waals surface area contributed by atoms with E-state index in [0.29, 0.717) is 17.9 Å². The van der Waals surface area contributed by atoms with Gasteiger partial charge >= 0.3 is 0 Å². The highest BCUT2D eigenvalue weighted by molar-refractivity contribution is 5.94. The molecule has 1 fully saturated rings. The topological polar surface area (TPSA) is 90.5 Å². The van der Waals surface area contributed by atoms with Crippen LogP contribution in [0.3, 0.4) is 0 Å². The van der Waals surface area contributed by atoms with E-state index in [-0.39, 0.29) is 11.8 Å². The van der Waals surface area contributed by atoms with E-state index in [1.807, 2.05) is 13.0 Å². The number of anilines is 3. The van der Waals surface area contributed by atoms with Gasteiger partial charge in [0, 0.05) is 55.7 Å². The molecule has 2 heterocycles. The van der Waals surface area contributed by atoms with Crippen LogP contribution in [0, 0.1) is 6.92 Å². The van der Waals surface area contributed by atoms with E-state index in [1.54, 1.807) is 24.5 Å². The number of hydrogen-bond acceptors (Lipinski definition) is 6. The van der Waals surface area contributed by atoms with Crippen LogP contribution in [-0.4, -0.2) is 59.4 Å². The molecule has 1 saturated heterocycles. The lowest BCUT2D eigenvalue weighted by atomic mass is 10.1. The first-order chi connectivity index (χ1) is 14.0. The van der Waals surface area contributed by atoms with Gasteiger partial charge in [0.2, 0.25) is 11.8 Å². The second kappa shape index (κ2) is 9.47. The van der Waals surface area contributed by atoms with Crippen molar-refractivity contribution < 1.29 is 9.59 Å². The van der Waals surface area contributed by atoms with Crippen molar-refractivity contribution in [3.63, 3.8) is 0 Å². The molecule has 2 aromatic rings. The van der Waals surface area contributed by atoms with Gasteiger partial charge in [-0.25, -0.2) is 9.97 Å². The van der Waals surface area contributed by atoms with Crippen LogP contribution in [0.15, 0.2) is 30.6 Å². The minimum atomic E-state index is -0.142. The Kier molecular flexibility index (Phi) is 6.77. The van der Waals surface area contributed by atoms with Crippen LogP contribution in [0.2, 0.25) is 0 Å². The van der Waals surface area contributed by atoms with Crippen molar-refractivity contribution >= 4 is 29.0 Å². The van der Waals surface area contributed by atoms with Crippen molar-refractivity contribution in [1.29, 1.82) is 0 Å². The van der Waals surface area contributed by atoms with Crippen LogP contribution < -0.4 is 15.5 Å². The zero-order chi connectivity index (χ0) is 20.8. The van der Waals surface area contributed by atoms with Crippen molar-refractivity contribution in [1.82, 2.24) is 14.9 Å². The van der Waals surface area contributed by atoms with Crippen molar-refractivity contribution in [3.8, 4) is 0 Å². The Morgan fingerprint density at radius 2 is 1.76 bits per heavy atom. The summed E-state index contributed by atoms with van der Waals surface area (Å²) in [5, 5.41) is 5.62. The SMILES string of the molecule is CCc1c(C)ncnc1N1CCN(CC(=O)Nc2cccc(NC(C)=O)c2)CC1. The van der Waals surface area contributed by atoms with Gasteiger partial charge in [0.15, 0.2) is 0 Å². The number of nitrogens with zero attached hydrogens (tertiary/aromatic N) is 4. The number of aryl methyl sites for hydroxylation is 1. The zero-order valence-corrected chi connectivity index (χ0v) is 17.2. The van der Waals surface area contributed by atoms with Crippen molar-refractivity contribution in [2.45, 2.75) is 27.2 Å². The average Bonchev–Trinajstić information content (AvgIpc) is 2.68. The van der Waals surface area contributed by atoms with Gasteiger partial charge in [0.1, 0.15) is 12.1 Å². The summed E-state index contributed by atoms with van der Waals surface area (Å²) in [4.78, 5) is 36.8. The van der Waals surface area contributed by atoms with E-state index in [2.05, 4.69) is 37.3 Å². The predicted molar refractivity (Wildman–Crippen MR) is 114 cm³/mol. The van der Waals surface area contributed by atoms with Gasteiger partial charge in [-0.05, 0) is 31.5 Å². The minimum absolute atomic E-state index is 0.0643. The van der Waals surface area contributed by atoms with Crippen LogP contribution in [0.4, 0.5) is 17.2 Å². The van der Waals surface area contributed by atoms with E-state index in [9.17, 15) is 9.59 Å². The van der Waals surface area contributed by atoms with Crippen molar-refractivity contribution in [2.24, 2.45) is 0 Å². The zero-order valence-electron chi connectivity index (χ0n) is 17.2. The number of carbonyl (C=O) groups excluding carboxylic acids is 2. The maximum atomic E-state index is 12.4. The fourth-order valence-corrected chi connectivity index (χ4v) is 3.57. The molecule has 1 aliphatic heterocycles. The molecule has 0 saturated carbocycles. The number of nitrogens with one attached hydrogen (secondary N) is 2. The molecule has 8 nitrogen and oxygen atoms in total. The summed E-state index contributed by atoms with van der Waals surface area (Å²) in [6, 6.07) is 7.15. The second-order valence-electron chi connectivity index (χ2n) is 7.19. The number of aromatic nitrogens is 2. The van der Waals surface area contributed by atoms with E-state index in [0.717, 1.165) is 44.1 Å². The fourth-order valence-electron chi connectivity index (χ4n) is 3.57. The first-order valence-electron chi connectivity index (χ1n) is 9.91. The van der Waals surface area contributed by atoms with E-state index in [4.69, 9.17) is 0 Å². The Balaban J connectivity index is 1.53. The van der Waals surface area contributed by atoms with Crippen LogP contribution in [-0.2, 0) is 16.0 Å². The molecule has 1 aromatic carbocycles. The standard InChI is InChI=1S/C21H28N6O2/c1-4-19-15(2)22-14-23-21(19)27-10-8-26(9-11-27)13-20(29)25-18-7-5-6-17(12-18)24-16(3)28/h5-7,12,14H,4,8-11,13H2,1-3H3,(H,24,28)(H,25,29). The molecular formula is C21H28N6O2. The van der Waals surface area contributed by atoms with Gasteiger partial charge in [-0.15, -0.1) is 0 Å². The Morgan fingerprint density at radius 1 is 1.07 bits per heavy atom. The maximum absolute atomic E-state index is 12.4. The summed E-state index contributed by atoms with van der Waals surface area (Å²) in [6.07, 6.45) is 2.53. The molecule has 0 radical (unpaired) electrons. The number of piperazine rings is 1. The Bertz CT molecular complexity index is 877. The molecule has 29 heavy (non-hydrogen) atoms. The number of rotatable bonds is 6. The third-order valence-corrected chi connectivity index (χ3v) is 5.00. The van der Waals surface area contributed by atoms with E-state index in [1.165, 1.54) is 12.5 Å². The highest BCUT2D eigenvalue weighted by Gasteiger charge is 2.22. The van der Waals surface area contributed by atoms with Gasteiger partial charge in [-0.2, -0.15) is 0 Å². The van der Waals surface area contributed by atoms with Gasteiger partial charge < -0.3 is 15.5 Å². The highest BCUT2D eigenvalue weighted by Crippen LogP contribution is 2.21. The monoisotopic (exact) mass is 396 g/mol. The second-order valence-corrected chi connectivity index (χ2v) is 7.19. The maximum Gasteiger partial charge on any atom is 0.238 e. The lowest BCUT2D eigenvalue weighted by Gasteiger charge is -2.35. The van der Waals surface area contributed by atoms with E-state index >= 15 is 0 Å². The molecule has 2 N–H and O–H groups in total. The quantitative estimate of drug-likeness (QED) is 0.777. The number of hydrogen-bond donors (Lipinski definition) is 2. The Labute approximate surface area is 171 Å². The van der Waals surface area contributed by atoms with Gasteiger partial charge in [0.25, 0.3) is 0 Å². The average molecular weight is 396 g/mol. The summed E-state index contributed by atoms with van der Waals surface area (Å²) in [5.74, 6) is 0.806. The van der Waals surface area contributed by atoms with Gasteiger partial charge in [-0.1, -0.05) is 13.0 Å². The first kappa shape index (κ1) is 20.7. The molecule has 0 aliphatic carbocycles. The first-order valence-corrected chi connectivity index (χ1v) is 9.91. The minimum Gasteiger partial charge on any atom is -0.354 e. The highest BCUT2D eigenvalue weighted by atomic mass is 16.2. The van der Waals surface area contributed by atoms with Crippen LogP contribution in [0.25, 0.3) is 0 Å². The molecule has 0 spiro atoms. The molecule has 2 amide bonds. The molecule has 1 aliphatic rings.